The van der Waals surface area contributed by atoms with Gasteiger partial charge in [0.2, 0.25) is 0 Å². The van der Waals surface area contributed by atoms with Crippen molar-refractivity contribution in [2.75, 3.05) is 5.75 Å². The van der Waals surface area contributed by atoms with E-state index in [1.165, 1.54) is 12.1 Å². The third-order valence-corrected chi connectivity index (χ3v) is 9.05. The summed E-state index contributed by atoms with van der Waals surface area (Å²) in [7, 11) is -10.7. The predicted octanol–water partition coefficient (Wildman–Crippen LogP) is 12.7. The van der Waals surface area contributed by atoms with E-state index in [9.17, 15) is 50.2 Å². The Bertz CT molecular complexity index is 1540. The molecule has 0 amide bonds. The quantitative estimate of drug-likeness (QED) is 0.208. The normalized spacial score (nSPS) is 20.0. The lowest BCUT2D eigenvalue weighted by Crippen LogP contribution is -2.37. The van der Waals surface area contributed by atoms with E-state index in [-0.39, 0.29) is 36.5 Å². The van der Waals surface area contributed by atoms with E-state index in [4.69, 9.17) is 4.74 Å². The molecule has 0 N–H and O–H groups in total. The molecule has 0 saturated heterocycles. The van der Waals surface area contributed by atoms with E-state index in [2.05, 4.69) is 0 Å². The second-order valence-corrected chi connectivity index (χ2v) is 13.8. The first-order valence-corrected chi connectivity index (χ1v) is 16.0. The molecular weight excluding hydrogens is 656 g/mol. The van der Waals surface area contributed by atoms with Gasteiger partial charge in [0.05, 0.1) is 5.92 Å². The van der Waals surface area contributed by atoms with Gasteiger partial charge in [0.1, 0.15) is 23.2 Å². The first-order chi connectivity index (χ1) is 20.2. The van der Waals surface area contributed by atoms with Crippen molar-refractivity contribution < 1.29 is 54.9 Å². The van der Waals surface area contributed by atoms with Gasteiger partial charge in [0, 0.05) is 17.2 Å². The van der Waals surface area contributed by atoms with Crippen molar-refractivity contribution in [2.45, 2.75) is 49.5 Å². The van der Waals surface area contributed by atoms with Gasteiger partial charge in [0.25, 0.3) is 0 Å². The zero-order chi connectivity index (χ0) is 32.7. The highest BCUT2D eigenvalue weighted by molar-refractivity contribution is 8.45. The van der Waals surface area contributed by atoms with Gasteiger partial charge in [-0.05, 0) is 72.7 Å². The molecule has 0 aliphatic heterocycles. The van der Waals surface area contributed by atoms with E-state index >= 15 is 0 Å². The predicted molar refractivity (Wildman–Crippen MR) is 147 cm³/mol. The zero-order valence-corrected chi connectivity index (χ0v) is 24.3. The maximum Gasteiger partial charge on any atom is 0.400 e. The maximum absolute atomic E-state index is 15.0. The van der Waals surface area contributed by atoms with Gasteiger partial charge in [-0.1, -0.05) is 62.4 Å². The summed E-state index contributed by atoms with van der Waals surface area (Å²) in [6.07, 6.45) is -3.19. The Morgan fingerprint density at radius 3 is 1.89 bits per heavy atom. The lowest BCUT2D eigenvalue weighted by molar-refractivity contribution is -0.222. The van der Waals surface area contributed by atoms with Crippen molar-refractivity contribution in [1.29, 1.82) is 0 Å². The number of halogens is 12. The molecule has 1 fully saturated rings. The molecule has 0 atom stereocenters. The van der Waals surface area contributed by atoms with Crippen molar-refractivity contribution in [3.8, 4) is 16.9 Å². The summed E-state index contributed by atoms with van der Waals surface area (Å²) in [6.45, 7) is 1.68. The number of thioether (sulfide) groups is 1. The second kappa shape index (κ2) is 11.5. The summed E-state index contributed by atoms with van der Waals surface area (Å²) in [4.78, 5) is -3.37. The average Bonchev–Trinajstić information content (AvgIpc) is 2.91. The fourth-order valence-electron chi connectivity index (χ4n) is 5.09. The van der Waals surface area contributed by atoms with Crippen molar-refractivity contribution in [3.05, 3.63) is 88.3 Å². The Labute approximate surface area is 249 Å². The molecule has 0 heterocycles. The van der Waals surface area contributed by atoms with Crippen LogP contribution in [0.15, 0.2) is 64.7 Å². The highest BCUT2D eigenvalue weighted by Gasteiger charge is 2.69. The molecular formula is C29H24F12OS2. The molecule has 0 spiro atoms. The van der Waals surface area contributed by atoms with Crippen LogP contribution in [0.5, 0.6) is 5.75 Å². The SMILES string of the molecule is CCS/C(F)=C(\F)c1ccc(C2CCC(C(F)(F)Oc3ccc(-c4cc(F)c(S(F)(F)(F)(F)F)c(F)c4)c(F)c3)CC2)cc1. The molecule has 1 saturated carbocycles. The van der Waals surface area contributed by atoms with Gasteiger partial charge in [0.15, 0.2) is 15.9 Å². The molecule has 1 aliphatic carbocycles. The van der Waals surface area contributed by atoms with Gasteiger partial charge < -0.3 is 4.74 Å². The van der Waals surface area contributed by atoms with Gasteiger partial charge >= 0.3 is 16.3 Å². The minimum absolute atomic E-state index is 0.00687. The molecule has 0 aromatic heterocycles. The van der Waals surface area contributed by atoms with Crippen LogP contribution >= 0.6 is 22.0 Å². The Hall–Kier alpha value is -2.94. The van der Waals surface area contributed by atoms with Crippen LogP contribution in [0.3, 0.4) is 0 Å². The largest absolute Gasteiger partial charge is 0.432 e. The standard InChI is InChI=1S/C29H24F12OS2/c1-2-43-28(34)26(33)18-5-3-16(4-6-18)17-7-9-20(10-8-17)29(35,36)42-21-11-12-22(23(30)15-21)19-13-24(31)27(25(32)14-19)44(37,38,39,40)41/h3-6,11-15,17,20H,2,7-10H2,1H3/b28-26-. The van der Waals surface area contributed by atoms with E-state index in [1.807, 2.05) is 0 Å². The van der Waals surface area contributed by atoms with Crippen LogP contribution in [0.2, 0.25) is 0 Å². The third-order valence-electron chi connectivity index (χ3n) is 7.17. The Morgan fingerprint density at radius 2 is 1.39 bits per heavy atom. The Morgan fingerprint density at radius 1 is 0.818 bits per heavy atom. The summed E-state index contributed by atoms with van der Waals surface area (Å²) < 4.78 is 170. The van der Waals surface area contributed by atoms with Crippen molar-refractivity contribution >= 4 is 27.8 Å². The van der Waals surface area contributed by atoms with Crippen LogP contribution in [0.25, 0.3) is 17.0 Å². The second-order valence-electron chi connectivity index (χ2n) is 10.2. The van der Waals surface area contributed by atoms with Crippen molar-refractivity contribution in [2.24, 2.45) is 5.92 Å². The smallest absolute Gasteiger partial charge is 0.400 e. The van der Waals surface area contributed by atoms with Gasteiger partial charge in [-0.2, -0.15) is 13.2 Å². The molecule has 44 heavy (non-hydrogen) atoms. The number of alkyl halides is 2. The molecule has 0 bridgehead atoms. The monoisotopic (exact) mass is 680 g/mol. The zero-order valence-electron chi connectivity index (χ0n) is 22.6. The molecule has 15 heteroatoms. The Kier molecular flexibility index (Phi) is 8.83. The van der Waals surface area contributed by atoms with E-state index in [1.54, 1.807) is 19.1 Å². The molecule has 0 radical (unpaired) electrons. The highest BCUT2D eigenvalue weighted by Crippen LogP contribution is 3.02. The topological polar surface area (TPSA) is 9.23 Å². The van der Waals surface area contributed by atoms with E-state index in [0.29, 0.717) is 30.7 Å². The van der Waals surface area contributed by atoms with Crippen LogP contribution < -0.4 is 4.74 Å². The minimum atomic E-state index is -10.7. The fourth-order valence-corrected chi connectivity index (χ4v) is 6.44. The average molecular weight is 681 g/mol. The number of hydrogen-bond acceptors (Lipinski definition) is 2. The lowest BCUT2D eigenvalue weighted by Gasteiger charge is -2.40. The van der Waals surface area contributed by atoms with Crippen LogP contribution in [0.4, 0.5) is 50.2 Å². The first-order valence-electron chi connectivity index (χ1n) is 13.1. The molecule has 4 rings (SSSR count). The molecule has 1 nitrogen and oxygen atoms in total. The lowest BCUT2D eigenvalue weighted by atomic mass is 9.78. The summed E-state index contributed by atoms with van der Waals surface area (Å²) >= 11 is 0.723. The highest BCUT2D eigenvalue weighted by atomic mass is 32.5. The molecule has 242 valence electrons. The fraction of sp³-hybridized carbons (Fsp3) is 0.310. The van der Waals surface area contributed by atoms with E-state index in [0.717, 1.165) is 23.4 Å². The van der Waals surface area contributed by atoms with Crippen molar-refractivity contribution in [1.82, 2.24) is 0 Å². The number of hydrogen-bond donors (Lipinski definition) is 0. The van der Waals surface area contributed by atoms with Crippen LogP contribution in [0.1, 0.15) is 49.7 Å². The molecule has 0 unspecified atom stereocenters. The Balaban J connectivity index is 1.43. The summed E-state index contributed by atoms with van der Waals surface area (Å²) in [5, 5.41) is -0.937. The van der Waals surface area contributed by atoms with Gasteiger partial charge in [-0.15, -0.1) is 0 Å². The molecule has 3 aromatic carbocycles. The number of benzene rings is 3. The number of rotatable bonds is 9. The van der Waals surface area contributed by atoms with Gasteiger partial charge in [-0.25, -0.2) is 17.6 Å². The van der Waals surface area contributed by atoms with Crippen LogP contribution in [-0.2, 0) is 0 Å². The summed E-state index contributed by atoms with van der Waals surface area (Å²) in [5.41, 5.74) is -0.820. The molecule has 3 aromatic rings. The minimum Gasteiger partial charge on any atom is -0.432 e. The molecule has 1 aliphatic rings. The first kappa shape index (κ1) is 33.9. The van der Waals surface area contributed by atoms with Crippen molar-refractivity contribution in [3.63, 3.8) is 0 Å². The summed E-state index contributed by atoms with van der Waals surface area (Å²) in [6, 6.07) is 7.69. The third kappa shape index (κ3) is 7.64. The van der Waals surface area contributed by atoms with E-state index < -0.39 is 72.5 Å². The van der Waals surface area contributed by atoms with Crippen LogP contribution in [-0.4, -0.2) is 11.9 Å². The maximum atomic E-state index is 15.0. The number of ether oxygens (including phenoxy) is 1. The van der Waals surface area contributed by atoms with Crippen LogP contribution in [0, 0.1) is 23.4 Å². The summed E-state index contributed by atoms with van der Waals surface area (Å²) in [5.74, 6) is -9.50. The van der Waals surface area contributed by atoms with Gasteiger partial charge in [-0.3, -0.25) is 0 Å².